The van der Waals surface area contributed by atoms with Gasteiger partial charge in [0.1, 0.15) is 11.6 Å². The average molecular weight is 255 g/mol. The van der Waals surface area contributed by atoms with E-state index in [4.69, 9.17) is 22.1 Å². The predicted octanol–water partition coefficient (Wildman–Crippen LogP) is 2.35. The topological polar surface area (TPSA) is 73.9 Å². The van der Waals surface area contributed by atoms with E-state index in [0.29, 0.717) is 11.3 Å². The summed E-state index contributed by atoms with van der Waals surface area (Å²) in [5.41, 5.74) is 5.83. The summed E-state index contributed by atoms with van der Waals surface area (Å²) < 4.78 is 18.3. The van der Waals surface area contributed by atoms with Gasteiger partial charge in [0, 0.05) is 0 Å². The van der Waals surface area contributed by atoms with Crippen molar-refractivity contribution in [2.24, 2.45) is 0 Å². The van der Waals surface area contributed by atoms with Crippen molar-refractivity contribution in [2.75, 3.05) is 5.73 Å². The Hall–Kier alpha value is -1.95. The monoisotopic (exact) mass is 254 g/mol. The lowest BCUT2D eigenvalue weighted by atomic mass is 10.2. The Bertz CT molecular complexity index is 544. The molecular weight excluding hydrogens is 247 g/mol. The number of aromatic nitrogens is 3. The van der Waals surface area contributed by atoms with Gasteiger partial charge in [0.2, 0.25) is 11.2 Å². The summed E-state index contributed by atoms with van der Waals surface area (Å²) >= 11 is 5.59. The minimum Gasteiger partial charge on any atom is -0.424 e. The van der Waals surface area contributed by atoms with Crippen LogP contribution in [0.15, 0.2) is 18.2 Å². The highest BCUT2D eigenvalue weighted by atomic mass is 35.5. The number of rotatable bonds is 2. The average Bonchev–Trinajstić information content (AvgIpc) is 2.22. The molecule has 0 amide bonds. The number of nitrogens with zero attached hydrogens (tertiary/aromatic N) is 3. The summed E-state index contributed by atoms with van der Waals surface area (Å²) in [5.74, 6) is 0.0370. The Balaban J connectivity index is 2.28. The molecule has 0 aliphatic carbocycles. The van der Waals surface area contributed by atoms with E-state index in [-0.39, 0.29) is 23.1 Å². The summed E-state index contributed by atoms with van der Waals surface area (Å²) in [5, 5.41) is -0.0636. The van der Waals surface area contributed by atoms with Crippen LogP contribution in [0.5, 0.6) is 11.8 Å². The molecule has 0 atom stereocenters. The van der Waals surface area contributed by atoms with Gasteiger partial charge in [0.15, 0.2) is 0 Å². The van der Waals surface area contributed by atoms with E-state index >= 15 is 0 Å². The van der Waals surface area contributed by atoms with Gasteiger partial charge < -0.3 is 10.5 Å². The minimum atomic E-state index is -0.314. The van der Waals surface area contributed by atoms with Gasteiger partial charge in [0.25, 0.3) is 0 Å². The van der Waals surface area contributed by atoms with Gasteiger partial charge in [-0.25, -0.2) is 4.39 Å². The number of nitrogen functional groups attached to an aromatic ring is 1. The van der Waals surface area contributed by atoms with E-state index < -0.39 is 0 Å². The molecule has 2 N–H and O–H groups in total. The lowest BCUT2D eigenvalue weighted by Crippen LogP contribution is -2.00. The van der Waals surface area contributed by atoms with E-state index in [1.54, 1.807) is 6.92 Å². The maximum absolute atomic E-state index is 13.0. The van der Waals surface area contributed by atoms with Crippen molar-refractivity contribution in [3.05, 3.63) is 34.9 Å². The molecule has 0 unspecified atom stereocenters. The van der Waals surface area contributed by atoms with Gasteiger partial charge in [-0.1, -0.05) is 0 Å². The van der Waals surface area contributed by atoms with Crippen LogP contribution in [0.3, 0.4) is 0 Å². The quantitative estimate of drug-likeness (QED) is 0.890. The third kappa shape index (κ3) is 2.79. The molecule has 0 bridgehead atoms. The van der Waals surface area contributed by atoms with Crippen molar-refractivity contribution in [3.8, 4) is 11.8 Å². The second kappa shape index (κ2) is 4.50. The molecule has 1 aromatic carbocycles. The lowest BCUT2D eigenvalue weighted by Gasteiger charge is -2.05. The highest BCUT2D eigenvalue weighted by molar-refractivity contribution is 6.28. The Morgan fingerprint density at radius 1 is 1.29 bits per heavy atom. The lowest BCUT2D eigenvalue weighted by molar-refractivity contribution is 0.439. The SMILES string of the molecule is Cc1cc(Oc2nc(N)nc(Cl)n2)ccc1F. The van der Waals surface area contributed by atoms with Crippen molar-refractivity contribution in [1.82, 2.24) is 15.0 Å². The molecule has 5 nitrogen and oxygen atoms in total. The Labute approximate surface area is 101 Å². The van der Waals surface area contributed by atoms with Gasteiger partial charge in [-0.15, -0.1) is 0 Å². The summed E-state index contributed by atoms with van der Waals surface area (Å²) in [6.07, 6.45) is 0. The molecule has 0 saturated carbocycles. The molecule has 1 aromatic heterocycles. The zero-order valence-corrected chi connectivity index (χ0v) is 9.57. The first-order valence-electron chi connectivity index (χ1n) is 4.65. The minimum absolute atomic E-state index is 0.0338. The molecule has 0 fully saturated rings. The molecule has 0 saturated heterocycles. The summed E-state index contributed by atoms with van der Waals surface area (Å²) in [6.45, 7) is 1.62. The fourth-order valence-electron chi connectivity index (χ4n) is 1.18. The van der Waals surface area contributed by atoms with E-state index in [1.165, 1.54) is 18.2 Å². The maximum Gasteiger partial charge on any atom is 0.328 e. The first kappa shape index (κ1) is 11.5. The number of benzene rings is 1. The number of halogens is 2. The van der Waals surface area contributed by atoms with Crippen molar-refractivity contribution in [3.63, 3.8) is 0 Å². The number of hydrogen-bond acceptors (Lipinski definition) is 5. The molecule has 88 valence electrons. The molecule has 0 aliphatic rings. The van der Waals surface area contributed by atoms with Gasteiger partial charge in [-0.2, -0.15) is 15.0 Å². The smallest absolute Gasteiger partial charge is 0.328 e. The van der Waals surface area contributed by atoms with E-state index in [2.05, 4.69) is 15.0 Å². The molecule has 0 spiro atoms. The molecule has 0 radical (unpaired) electrons. The van der Waals surface area contributed by atoms with Gasteiger partial charge in [0.05, 0.1) is 0 Å². The van der Waals surface area contributed by atoms with Crippen LogP contribution in [0.2, 0.25) is 5.28 Å². The standard InChI is InChI=1S/C10H8ClFN4O/c1-5-4-6(2-3-7(5)12)17-10-15-8(11)14-9(13)16-10/h2-4H,1H3,(H2,13,14,15,16). The van der Waals surface area contributed by atoms with Crippen LogP contribution in [-0.4, -0.2) is 15.0 Å². The van der Waals surface area contributed by atoms with Crippen LogP contribution in [-0.2, 0) is 0 Å². The van der Waals surface area contributed by atoms with Crippen LogP contribution >= 0.6 is 11.6 Å². The molecule has 1 heterocycles. The van der Waals surface area contributed by atoms with Gasteiger partial charge >= 0.3 is 6.01 Å². The maximum atomic E-state index is 13.0. The number of anilines is 1. The second-order valence-corrected chi connectivity index (χ2v) is 3.60. The van der Waals surface area contributed by atoms with Crippen LogP contribution in [0.4, 0.5) is 10.3 Å². The van der Waals surface area contributed by atoms with Crippen LogP contribution in [0.1, 0.15) is 5.56 Å². The molecule has 17 heavy (non-hydrogen) atoms. The Kier molecular flexibility index (Phi) is 3.06. The first-order valence-corrected chi connectivity index (χ1v) is 5.03. The summed E-state index contributed by atoms with van der Waals surface area (Å²) in [4.78, 5) is 11.1. The number of nitrogens with two attached hydrogens (primary N) is 1. The van der Waals surface area contributed by atoms with Crippen molar-refractivity contribution in [2.45, 2.75) is 6.92 Å². The van der Waals surface area contributed by atoms with E-state index in [9.17, 15) is 4.39 Å². The Morgan fingerprint density at radius 3 is 2.71 bits per heavy atom. The molecule has 2 aromatic rings. The van der Waals surface area contributed by atoms with Crippen LogP contribution in [0, 0.1) is 12.7 Å². The molecule has 0 aliphatic heterocycles. The predicted molar refractivity (Wildman–Crippen MR) is 60.5 cm³/mol. The molecular formula is C10H8ClFN4O. The molecule has 2 rings (SSSR count). The highest BCUT2D eigenvalue weighted by Gasteiger charge is 2.06. The van der Waals surface area contributed by atoms with Crippen molar-refractivity contribution in [1.29, 1.82) is 0 Å². The van der Waals surface area contributed by atoms with Crippen LogP contribution < -0.4 is 10.5 Å². The fraction of sp³-hybridized carbons (Fsp3) is 0.100. The highest BCUT2D eigenvalue weighted by Crippen LogP contribution is 2.21. The zero-order chi connectivity index (χ0) is 12.4. The zero-order valence-electron chi connectivity index (χ0n) is 8.82. The van der Waals surface area contributed by atoms with Crippen molar-refractivity contribution < 1.29 is 9.13 Å². The Morgan fingerprint density at radius 2 is 2.06 bits per heavy atom. The number of aryl methyl sites for hydroxylation is 1. The summed E-state index contributed by atoms with van der Waals surface area (Å²) in [6, 6.07) is 4.23. The number of hydrogen-bond donors (Lipinski definition) is 1. The third-order valence-corrected chi connectivity index (χ3v) is 2.11. The first-order chi connectivity index (χ1) is 8.04. The fourth-order valence-corrected chi connectivity index (χ4v) is 1.34. The van der Waals surface area contributed by atoms with Crippen molar-refractivity contribution >= 4 is 17.5 Å². The normalized spacial score (nSPS) is 10.3. The van der Waals surface area contributed by atoms with Gasteiger partial charge in [-0.05, 0) is 42.3 Å². The largest absolute Gasteiger partial charge is 0.424 e. The van der Waals surface area contributed by atoms with E-state index in [1.807, 2.05) is 0 Å². The number of ether oxygens (including phenoxy) is 1. The third-order valence-electron chi connectivity index (χ3n) is 1.94. The van der Waals surface area contributed by atoms with Crippen LogP contribution in [0.25, 0.3) is 0 Å². The second-order valence-electron chi connectivity index (χ2n) is 3.26. The van der Waals surface area contributed by atoms with E-state index in [0.717, 1.165) is 0 Å². The molecule has 7 heteroatoms. The van der Waals surface area contributed by atoms with Gasteiger partial charge in [-0.3, -0.25) is 0 Å². The summed E-state index contributed by atoms with van der Waals surface area (Å²) in [7, 11) is 0.